The van der Waals surface area contributed by atoms with Gasteiger partial charge in [-0.05, 0) is 30.5 Å². The summed E-state index contributed by atoms with van der Waals surface area (Å²) in [6, 6.07) is 6.13. The molecule has 23 heavy (non-hydrogen) atoms. The Morgan fingerprint density at radius 1 is 1.13 bits per heavy atom. The Kier molecular flexibility index (Phi) is 7.76. The number of benzene rings is 1. The standard InChI is InChI=1S/C16H22N2O5/c1-2-3-4-11-5-7-12(8-6-11)18-14(19)9-13(16(22)23)17-10-15(20)21/h5-8,13,17H,2-4,9-10H2,1H3,(H,18,19)(H,20,21)(H,22,23). The lowest BCUT2D eigenvalue weighted by atomic mass is 10.1. The maximum absolute atomic E-state index is 11.9. The minimum atomic E-state index is -1.27. The monoisotopic (exact) mass is 322 g/mol. The number of nitrogens with one attached hydrogen (secondary N) is 2. The molecule has 1 unspecified atom stereocenters. The molecule has 0 saturated heterocycles. The fourth-order valence-corrected chi connectivity index (χ4v) is 1.99. The fourth-order valence-electron chi connectivity index (χ4n) is 1.99. The van der Waals surface area contributed by atoms with E-state index in [1.54, 1.807) is 12.1 Å². The third-order valence-electron chi connectivity index (χ3n) is 3.24. The summed E-state index contributed by atoms with van der Waals surface area (Å²) in [5.41, 5.74) is 1.76. The van der Waals surface area contributed by atoms with E-state index in [4.69, 9.17) is 10.2 Å². The zero-order chi connectivity index (χ0) is 17.2. The van der Waals surface area contributed by atoms with Crippen molar-refractivity contribution in [2.24, 2.45) is 0 Å². The van der Waals surface area contributed by atoms with Crippen LogP contribution in [0.25, 0.3) is 0 Å². The van der Waals surface area contributed by atoms with E-state index in [0.29, 0.717) is 5.69 Å². The first-order valence-corrected chi connectivity index (χ1v) is 7.49. The van der Waals surface area contributed by atoms with E-state index in [2.05, 4.69) is 17.6 Å². The van der Waals surface area contributed by atoms with E-state index >= 15 is 0 Å². The molecular formula is C16H22N2O5. The Balaban J connectivity index is 2.53. The first-order valence-electron chi connectivity index (χ1n) is 7.49. The summed E-state index contributed by atoms with van der Waals surface area (Å²) in [6.07, 6.45) is 2.84. The molecule has 126 valence electrons. The molecular weight excluding hydrogens is 300 g/mol. The number of hydrogen-bond acceptors (Lipinski definition) is 4. The number of unbranched alkanes of at least 4 members (excludes halogenated alkanes) is 1. The molecule has 0 saturated carbocycles. The van der Waals surface area contributed by atoms with E-state index in [-0.39, 0.29) is 6.42 Å². The number of aryl methyl sites for hydroxylation is 1. The quantitative estimate of drug-likeness (QED) is 0.518. The van der Waals surface area contributed by atoms with Crippen molar-refractivity contribution in [3.63, 3.8) is 0 Å². The van der Waals surface area contributed by atoms with Crippen LogP contribution in [0.2, 0.25) is 0 Å². The lowest BCUT2D eigenvalue weighted by molar-refractivity contribution is -0.142. The van der Waals surface area contributed by atoms with Crippen LogP contribution in [0, 0.1) is 0 Å². The van der Waals surface area contributed by atoms with Crippen LogP contribution < -0.4 is 10.6 Å². The molecule has 4 N–H and O–H groups in total. The van der Waals surface area contributed by atoms with Crippen molar-refractivity contribution in [1.29, 1.82) is 0 Å². The van der Waals surface area contributed by atoms with Crippen LogP contribution >= 0.6 is 0 Å². The highest BCUT2D eigenvalue weighted by atomic mass is 16.4. The van der Waals surface area contributed by atoms with Gasteiger partial charge >= 0.3 is 11.9 Å². The van der Waals surface area contributed by atoms with Crippen molar-refractivity contribution in [2.75, 3.05) is 11.9 Å². The zero-order valence-corrected chi connectivity index (χ0v) is 13.0. The third kappa shape index (κ3) is 7.42. The summed E-state index contributed by atoms with van der Waals surface area (Å²) in [5.74, 6) is -2.94. The topological polar surface area (TPSA) is 116 Å². The minimum absolute atomic E-state index is 0.347. The molecule has 0 radical (unpaired) electrons. The number of anilines is 1. The van der Waals surface area contributed by atoms with Crippen molar-refractivity contribution < 1.29 is 24.6 Å². The molecule has 0 aliphatic rings. The molecule has 1 amide bonds. The summed E-state index contributed by atoms with van der Waals surface area (Å²) in [7, 11) is 0. The average molecular weight is 322 g/mol. The second-order valence-electron chi connectivity index (χ2n) is 5.22. The second kappa shape index (κ2) is 9.58. The number of aliphatic carboxylic acids is 2. The fraction of sp³-hybridized carbons (Fsp3) is 0.438. The Morgan fingerprint density at radius 3 is 2.30 bits per heavy atom. The van der Waals surface area contributed by atoms with Gasteiger partial charge in [-0.25, -0.2) is 0 Å². The summed E-state index contributed by atoms with van der Waals surface area (Å²) >= 11 is 0. The molecule has 7 heteroatoms. The highest BCUT2D eigenvalue weighted by Gasteiger charge is 2.21. The third-order valence-corrected chi connectivity index (χ3v) is 3.24. The molecule has 1 aromatic carbocycles. The van der Waals surface area contributed by atoms with E-state index in [1.165, 1.54) is 5.56 Å². The number of rotatable bonds is 10. The van der Waals surface area contributed by atoms with Gasteiger partial charge in [0, 0.05) is 5.69 Å². The van der Waals surface area contributed by atoms with Crippen molar-refractivity contribution in [3.05, 3.63) is 29.8 Å². The number of carbonyl (C=O) groups is 3. The van der Waals surface area contributed by atoms with Crippen LogP contribution in [0.15, 0.2) is 24.3 Å². The molecule has 0 heterocycles. The highest BCUT2D eigenvalue weighted by Crippen LogP contribution is 2.12. The Bertz CT molecular complexity index is 542. The lowest BCUT2D eigenvalue weighted by Gasteiger charge is -2.13. The molecule has 0 spiro atoms. The molecule has 1 aromatic rings. The van der Waals surface area contributed by atoms with Gasteiger partial charge < -0.3 is 15.5 Å². The molecule has 0 bridgehead atoms. The number of amides is 1. The van der Waals surface area contributed by atoms with Crippen molar-refractivity contribution in [1.82, 2.24) is 5.32 Å². The number of hydrogen-bond donors (Lipinski definition) is 4. The Hall–Kier alpha value is -2.41. The maximum atomic E-state index is 11.9. The minimum Gasteiger partial charge on any atom is -0.480 e. The van der Waals surface area contributed by atoms with Crippen LogP contribution in [0.1, 0.15) is 31.7 Å². The molecule has 7 nitrogen and oxygen atoms in total. The van der Waals surface area contributed by atoms with Gasteiger partial charge in [0.15, 0.2) is 0 Å². The normalized spacial score (nSPS) is 11.7. The lowest BCUT2D eigenvalue weighted by Crippen LogP contribution is -2.42. The van der Waals surface area contributed by atoms with Crippen molar-refractivity contribution in [2.45, 2.75) is 38.6 Å². The average Bonchev–Trinajstić information content (AvgIpc) is 2.50. The van der Waals surface area contributed by atoms with Gasteiger partial charge in [-0.2, -0.15) is 0 Å². The molecule has 0 fully saturated rings. The summed E-state index contributed by atoms with van der Waals surface area (Å²) in [6.45, 7) is 1.60. The Labute approximate surface area is 134 Å². The van der Waals surface area contributed by atoms with Crippen LogP contribution in [-0.4, -0.2) is 40.6 Å². The SMILES string of the molecule is CCCCc1ccc(NC(=O)CC(NCC(=O)O)C(=O)O)cc1. The number of carboxylic acids is 2. The molecule has 0 aliphatic carbocycles. The second-order valence-corrected chi connectivity index (χ2v) is 5.22. The largest absolute Gasteiger partial charge is 0.480 e. The first kappa shape index (κ1) is 18.6. The smallest absolute Gasteiger partial charge is 0.321 e. The van der Waals surface area contributed by atoms with Crippen LogP contribution in [-0.2, 0) is 20.8 Å². The number of carbonyl (C=O) groups excluding carboxylic acids is 1. The maximum Gasteiger partial charge on any atom is 0.321 e. The number of carboxylic acid groups (broad SMARTS) is 2. The molecule has 0 aromatic heterocycles. The summed E-state index contributed by atoms with van der Waals surface area (Å²) < 4.78 is 0. The van der Waals surface area contributed by atoms with Crippen LogP contribution in [0.4, 0.5) is 5.69 Å². The van der Waals surface area contributed by atoms with Gasteiger partial charge in [0.05, 0.1) is 13.0 Å². The summed E-state index contributed by atoms with van der Waals surface area (Å²) in [5, 5.41) is 22.4. The van der Waals surface area contributed by atoms with Gasteiger partial charge in [0.25, 0.3) is 0 Å². The van der Waals surface area contributed by atoms with Gasteiger partial charge in [-0.15, -0.1) is 0 Å². The van der Waals surface area contributed by atoms with E-state index in [0.717, 1.165) is 19.3 Å². The predicted molar refractivity (Wildman–Crippen MR) is 85.4 cm³/mol. The van der Waals surface area contributed by atoms with Crippen molar-refractivity contribution >= 4 is 23.5 Å². The molecule has 1 atom stereocenters. The predicted octanol–water partition coefficient (Wildman–Crippen LogP) is 1.49. The van der Waals surface area contributed by atoms with Crippen LogP contribution in [0.3, 0.4) is 0 Å². The zero-order valence-electron chi connectivity index (χ0n) is 13.0. The van der Waals surface area contributed by atoms with Crippen molar-refractivity contribution in [3.8, 4) is 0 Å². The van der Waals surface area contributed by atoms with Gasteiger partial charge in [-0.1, -0.05) is 25.5 Å². The van der Waals surface area contributed by atoms with Gasteiger partial charge in [0.1, 0.15) is 6.04 Å². The highest BCUT2D eigenvalue weighted by molar-refractivity contribution is 5.94. The first-order chi connectivity index (χ1) is 10.9. The molecule has 0 aliphatic heterocycles. The van der Waals surface area contributed by atoms with Crippen LogP contribution in [0.5, 0.6) is 0 Å². The van der Waals surface area contributed by atoms with E-state index < -0.39 is 30.4 Å². The van der Waals surface area contributed by atoms with Gasteiger partial charge in [0.2, 0.25) is 5.91 Å². The molecule has 1 rings (SSSR count). The Morgan fingerprint density at radius 2 is 1.78 bits per heavy atom. The van der Waals surface area contributed by atoms with Gasteiger partial charge in [-0.3, -0.25) is 19.7 Å². The summed E-state index contributed by atoms with van der Waals surface area (Å²) in [4.78, 5) is 33.3. The van der Waals surface area contributed by atoms with E-state index in [9.17, 15) is 14.4 Å². The van der Waals surface area contributed by atoms with E-state index in [1.807, 2.05) is 12.1 Å².